The van der Waals surface area contributed by atoms with E-state index in [1.165, 1.54) is 17.4 Å². The van der Waals surface area contributed by atoms with Gasteiger partial charge in [0.1, 0.15) is 9.20 Å². The molecule has 0 amide bonds. The fourth-order valence-electron chi connectivity index (χ4n) is 1.20. The van der Waals surface area contributed by atoms with E-state index in [1.54, 1.807) is 6.07 Å². The van der Waals surface area contributed by atoms with Crippen LogP contribution < -0.4 is 5.73 Å². The summed E-state index contributed by atoms with van der Waals surface area (Å²) in [6.07, 6.45) is 0. The number of ether oxygens (including phenoxy) is 1. The molecule has 1 aromatic rings. The molecule has 0 saturated heterocycles. The van der Waals surface area contributed by atoms with E-state index in [0.717, 1.165) is 11.3 Å². The molecule has 5 nitrogen and oxygen atoms in total. The Bertz CT molecular complexity index is 510. The van der Waals surface area contributed by atoms with Crippen LogP contribution in [0.15, 0.2) is 16.3 Å². The van der Waals surface area contributed by atoms with Gasteiger partial charge in [-0.2, -0.15) is 4.31 Å². The summed E-state index contributed by atoms with van der Waals surface area (Å²) < 4.78 is 31.0. The van der Waals surface area contributed by atoms with Gasteiger partial charge in [-0.15, -0.1) is 11.3 Å². The number of likely N-dealkylation sites (N-methyl/N-ethyl adjacent to an activating group) is 1. The Morgan fingerprint density at radius 2 is 2.22 bits per heavy atom. The van der Waals surface area contributed by atoms with Crippen LogP contribution in [0.3, 0.4) is 0 Å². The number of hydrogen-bond acceptors (Lipinski definition) is 5. The van der Waals surface area contributed by atoms with Crippen LogP contribution in [0.25, 0.3) is 0 Å². The van der Waals surface area contributed by atoms with Crippen molar-refractivity contribution in [3.63, 3.8) is 0 Å². The number of thiophene rings is 1. The Kier molecular flexibility index (Phi) is 5.67. The second-order valence-electron chi connectivity index (χ2n) is 3.51. The van der Waals surface area contributed by atoms with Crippen molar-refractivity contribution >= 4 is 38.6 Å². The number of nitrogens with zero attached hydrogens (tertiary/aromatic N) is 1. The van der Waals surface area contributed by atoms with Crippen LogP contribution in [0.1, 0.15) is 11.8 Å². The van der Waals surface area contributed by atoms with Gasteiger partial charge < -0.3 is 10.5 Å². The average molecular weight is 308 g/mol. The van der Waals surface area contributed by atoms with Crippen molar-refractivity contribution in [2.24, 2.45) is 5.73 Å². The first-order valence-electron chi connectivity index (χ1n) is 5.33. The van der Waals surface area contributed by atoms with Crippen LogP contribution in [0.2, 0.25) is 0 Å². The van der Waals surface area contributed by atoms with Gasteiger partial charge in [0.25, 0.3) is 10.0 Å². The van der Waals surface area contributed by atoms with E-state index in [9.17, 15) is 8.42 Å². The number of rotatable bonds is 7. The number of nitrogens with two attached hydrogens (primary N) is 1. The third-order valence-electron chi connectivity index (χ3n) is 2.24. The standard InChI is InChI=1S/C10H16N2O3S3/c1-3-15-7-6-12(2)18(13,14)9-5-4-8(17-9)10(11)16/h4-5H,3,6-7H2,1-2H3,(H2,11,16). The van der Waals surface area contributed by atoms with Crippen molar-refractivity contribution in [1.29, 1.82) is 0 Å². The van der Waals surface area contributed by atoms with Crippen LogP contribution >= 0.6 is 23.6 Å². The Morgan fingerprint density at radius 1 is 1.56 bits per heavy atom. The maximum Gasteiger partial charge on any atom is 0.252 e. The van der Waals surface area contributed by atoms with E-state index in [-0.39, 0.29) is 9.20 Å². The van der Waals surface area contributed by atoms with Crippen molar-refractivity contribution in [2.45, 2.75) is 11.1 Å². The van der Waals surface area contributed by atoms with Crippen molar-refractivity contribution in [3.05, 3.63) is 17.0 Å². The summed E-state index contributed by atoms with van der Waals surface area (Å²) in [5.74, 6) is 0. The molecule has 1 heterocycles. The van der Waals surface area contributed by atoms with Crippen molar-refractivity contribution < 1.29 is 13.2 Å². The zero-order valence-corrected chi connectivity index (χ0v) is 12.7. The van der Waals surface area contributed by atoms with Crippen LogP contribution in [0, 0.1) is 0 Å². The molecule has 1 aromatic heterocycles. The Hall–Kier alpha value is -0.540. The summed E-state index contributed by atoms with van der Waals surface area (Å²) in [5.41, 5.74) is 5.46. The molecular weight excluding hydrogens is 292 g/mol. The van der Waals surface area contributed by atoms with E-state index in [1.807, 2.05) is 6.92 Å². The molecule has 102 valence electrons. The van der Waals surface area contributed by atoms with Crippen molar-refractivity contribution in [2.75, 3.05) is 26.8 Å². The fourth-order valence-corrected chi connectivity index (χ4v) is 3.92. The molecule has 0 fully saturated rings. The molecule has 0 aromatic carbocycles. The third kappa shape index (κ3) is 3.72. The summed E-state index contributed by atoms with van der Waals surface area (Å²) >= 11 is 5.89. The molecule has 0 bridgehead atoms. The van der Waals surface area contributed by atoms with E-state index in [4.69, 9.17) is 22.7 Å². The molecule has 0 aliphatic carbocycles. The smallest absolute Gasteiger partial charge is 0.252 e. The van der Waals surface area contributed by atoms with Gasteiger partial charge >= 0.3 is 0 Å². The lowest BCUT2D eigenvalue weighted by molar-refractivity contribution is 0.138. The Labute approximate surface area is 117 Å². The van der Waals surface area contributed by atoms with E-state index >= 15 is 0 Å². The number of hydrogen-bond donors (Lipinski definition) is 1. The summed E-state index contributed by atoms with van der Waals surface area (Å²) in [6.45, 7) is 3.12. The van der Waals surface area contributed by atoms with Crippen LogP contribution in [-0.2, 0) is 14.8 Å². The highest BCUT2D eigenvalue weighted by molar-refractivity contribution is 7.91. The quantitative estimate of drug-likeness (QED) is 0.602. The van der Waals surface area contributed by atoms with Crippen LogP contribution in [0.5, 0.6) is 0 Å². The molecule has 18 heavy (non-hydrogen) atoms. The van der Waals surface area contributed by atoms with Crippen molar-refractivity contribution in [1.82, 2.24) is 4.31 Å². The minimum atomic E-state index is -3.48. The van der Waals surface area contributed by atoms with Gasteiger partial charge in [-0.05, 0) is 19.1 Å². The summed E-state index contributed by atoms with van der Waals surface area (Å²) in [5, 5.41) is 0. The predicted molar refractivity (Wildman–Crippen MR) is 76.5 cm³/mol. The number of sulfonamides is 1. The lowest BCUT2D eigenvalue weighted by atomic mass is 10.5. The van der Waals surface area contributed by atoms with Gasteiger partial charge in [-0.1, -0.05) is 12.2 Å². The molecule has 0 saturated carbocycles. The lowest BCUT2D eigenvalue weighted by Crippen LogP contribution is -2.29. The highest BCUT2D eigenvalue weighted by atomic mass is 32.2. The van der Waals surface area contributed by atoms with Gasteiger partial charge in [0.15, 0.2) is 0 Å². The van der Waals surface area contributed by atoms with Gasteiger partial charge in [-0.3, -0.25) is 0 Å². The number of thiocarbonyl (C=S) groups is 1. The predicted octanol–water partition coefficient (Wildman–Crippen LogP) is 1.04. The van der Waals surface area contributed by atoms with Gasteiger partial charge in [-0.25, -0.2) is 8.42 Å². The molecule has 2 N–H and O–H groups in total. The van der Waals surface area contributed by atoms with E-state index in [2.05, 4.69) is 0 Å². The monoisotopic (exact) mass is 308 g/mol. The first kappa shape index (κ1) is 15.5. The van der Waals surface area contributed by atoms with Gasteiger partial charge in [0.2, 0.25) is 0 Å². The summed E-state index contributed by atoms with van der Waals surface area (Å²) in [4.78, 5) is 0.806. The largest absolute Gasteiger partial charge is 0.389 e. The Morgan fingerprint density at radius 3 is 2.72 bits per heavy atom. The zero-order valence-electron chi connectivity index (χ0n) is 10.3. The topological polar surface area (TPSA) is 72.6 Å². The molecule has 0 spiro atoms. The highest BCUT2D eigenvalue weighted by Crippen LogP contribution is 2.24. The van der Waals surface area contributed by atoms with Gasteiger partial charge in [0.05, 0.1) is 11.5 Å². The van der Waals surface area contributed by atoms with E-state index in [0.29, 0.717) is 24.6 Å². The molecule has 1 rings (SSSR count). The molecule has 0 unspecified atom stereocenters. The fraction of sp³-hybridized carbons (Fsp3) is 0.500. The molecule has 0 radical (unpaired) electrons. The van der Waals surface area contributed by atoms with E-state index < -0.39 is 10.0 Å². The maximum atomic E-state index is 12.2. The molecule has 0 aliphatic heterocycles. The Balaban J connectivity index is 2.81. The minimum absolute atomic E-state index is 0.207. The van der Waals surface area contributed by atoms with Crippen LogP contribution in [0.4, 0.5) is 0 Å². The van der Waals surface area contributed by atoms with Crippen molar-refractivity contribution in [3.8, 4) is 0 Å². The zero-order chi connectivity index (χ0) is 13.8. The second kappa shape index (κ2) is 6.58. The van der Waals surface area contributed by atoms with Crippen LogP contribution in [-0.4, -0.2) is 44.5 Å². The first-order valence-corrected chi connectivity index (χ1v) is 7.99. The second-order valence-corrected chi connectivity index (χ2v) is 7.30. The molecular formula is C10H16N2O3S3. The normalized spacial score (nSPS) is 11.9. The highest BCUT2D eigenvalue weighted by Gasteiger charge is 2.22. The van der Waals surface area contributed by atoms with Gasteiger partial charge in [0, 0.05) is 20.2 Å². The maximum absolute atomic E-state index is 12.2. The minimum Gasteiger partial charge on any atom is -0.389 e. The SMILES string of the molecule is CCOCCN(C)S(=O)(=O)c1ccc(C(N)=S)s1. The molecule has 0 atom stereocenters. The summed E-state index contributed by atoms with van der Waals surface area (Å²) in [7, 11) is -1.95. The third-order valence-corrected chi connectivity index (χ3v) is 6.04. The average Bonchev–Trinajstić information content (AvgIpc) is 2.79. The summed E-state index contributed by atoms with van der Waals surface area (Å²) in [6, 6.07) is 3.14. The lowest BCUT2D eigenvalue weighted by Gasteiger charge is -2.15. The molecule has 8 heteroatoms. The first-order chi connectivity index (χ1) is 8.39. The molecule has 0 aliphatic rings.